The van der Waals surface area contributed by atoms with E-state index in [4.69, 9.17) is 23.6 Å². The highest BCUT2D eigenvalue weighted by Crippen LogP contribution is 2.42. The second-order valence-electron chi connectivity index (χ2n) is 17.9. The molecule has 5 rings (SSSR count). The van der Waals surface area contributed by atoms with Crippen molar-refractivity contribution in [3.8, 4) is 11.3 Å². The Balaban J connectivity index is 1.68. The second-order valence-corrected chi connectivity index (χ2v) is 22.7. The molecule has 2 aliphatic heterocycles. The number of esters is 1. The molecule has 2 aliphatic rings. The van der Waals surface area contributed by atoms with E-state index in [1.807, 2.05) is 55.7 Å². The summed E-state index contributed by atoms with van der Waals surface area (Å²) in [7, 11) is -2.42. The second kappa shape index (κ2) is 17.8. The highest BCUT2D eigenvalue weighted by molar-refractivity contribution is 6.74. The predicted octanol–water partition coefficient (Wildman–Crippen LogP) is 8.38. The number of likely N-dealkylation sites (tertiary alicyclic amines) is 1. The van der Waals surface area contributed by atoms with Gasteiger partial charge in [-0.05, 0) is 88.3 Å². The minimum Gasteiger partial charge on any atom is -0.453 e. The molecule has 2 amide bonds. The van der Waals surface area contributed by atoms with E-state index in [9.17, 15) is 18.8 Å². The van der Waals surface area contributed by atoms with Crippen LogP contribution in [0, 0.1) is 23.5 Å². The number of carbonyl (C=O) groups is 3. The molecule has 4 atom stereocenters. The van der Waals surface area contributed by atoms with E-state index in [1.54, 1.807) is 22.9 Å². The summed E-state index contributed by atoms with van der Waals surface area (Å²) >= 11 is 0. The van der Waals surface area contributed by atoms with Crippen molar-refractivity contribution in [2.75, 3.05) is 32.8 Å². The van der Waals surface area contributed by atoms with E-state index in [0.717, 1.165) is 23.8 Å². The van der Waals surface area contributed by atoms with Crippen molar-refractivity contribution in [1.82, 2.24) is 19.4 Å². The first-order valence-corrected chi connectivity index (χ1v) is 22.8. The number of nitrogens with zero attached hydrogens (tertiary/aromatic N) is 4. The number of benzene rings is 2. The van der Waals surface area contributed by atoms with Gasteiger partial charge in [0.15, 0.2) is 14.4 Å². The molecule has 2 saturated heterocycles. The first-order chi connectivity index (χ1) is 26.6. The van der Waals surface area contributed by atoms with E-state index in [0.29, 0.717) is 38.4 Å². The van der Waals surface area contributed by atoms with Gasteiger partial charge in [-0.1, -0.05) is 51.1 Å². The number of hydrogen-bond acceptors (Lipinski definition) is 8. The Morgan fingerprint density at radius 2 is 1.67 bits per heavy atom. The monoisotopic (exact) mass is 810 g/mol. The molecule has 0 radical (unpaired) electrons. The zero-order valence-corrected chi connectivity index (χ0v) is 36.1. The van der Waals surface area contributed by atoms with Gasteiger partial charge >= 0.3 is 12.1 Å². The number of halogens is 2. The van der Waals surface area contributed by atoms with Crippen LogP contribution < -0.4 is 0 Å². The van der Waals surface area contributed by atoms with Gasteiger partial charge in [0.25, 0.3) is 5.91 Å². The van der Waals surface area contributed by atoms with Crippen molar-refractivity contribution in [3.05, 3.63) is 77.8 Å². The number of aromatic nitrogens is 2. The maximum atomic E-state index is 15.4. The van der Waals surface area contributed by atoms with Crippen LogP contribution in [0.25, 0.3) is 11.3 Å². The smallest absolute Gasteiger partial charge is 0.410 e. The summed E-state index contributed by atoms with van der Waals surface area (Å²) in [5, 5.41) is -0.147. The van der Waals surface area contributed by atoms with Crippen molar-refractivity contribution >= 4 is 26.3 Å². The molecule has 1 aromatic heterocycles. The fourth-order valence-electron chi connectivity index (χ4n) is 7.34. The van der Waals surface area contributed by atoms with E-state index in [1.165, 1.54) is 6.92 Å². The molecule has 0 unspecified atom stereocenters. The van der Waals surface area contributed by atoms with E-state index >= 15 is 4.39 Å². The molecular formula is C43H60F2N4O7Si. The summed E-state index contributed by atoms with van der Waals surface area (Å²) in [6.45, 7) is 20.9. The van der Waals surface area contributed by atoms with Gasteiger partial charge in [0.1, 0.15) is 23.1 Å². The summed E-state index contributed by atoms with van der Waals surface area (Å²) in [6.07, 6.45) is 0.780. The fraction of sp³-hybridized carbons (Fsp3) is 0.581. The Morgan fingerprint density at radius 3 is 2.28 bits per heavy atom. The van der Waals surface area contributed by atoms with Crippen molar-refractivity contribution in [2.24, 2.45) is 11.8 Å². The average molecular weight is 811 g/mol. The minimum atomic E-state index is -2.42. The van der Waals surface area contributed by atoms with Gasteiger partial charge in [0.05, 0.1) is 17.8 Å². The normalized spacial score (nSPS) is 19.3. The van der Waals surface area contributed by atoms with Crippen LogP contribution in [0.4, 0.5) is 13.6 Å². The lowest BCUT2D eigenvalue weighted by molar-refractivity contribution is -0.160. The number of rotatable bonds is 12. The van der Waals surface area contributed by atoms with E-state index in [-0.39, 0.29) is 47.8 Å². The number of hydrogen-bond donors (Lipinski definition) is 0. The molecule has 11 nitrogen and oxygen atoms in total. The van der Waals surface area contributed by atoms with Gasteiger partial charge in [0.2, 0.25) is 0 Å². The first-order valence-electron chi connectivity index (χ1n) is 19.9. The summed E-state index contributed by atoms with van der Waals surface area (Å²) in [5.41, 5.74) is 0.416. The van der Waals surface area contributed by atoms with Crippen molar-refractivity contribution in [2.45, 2.75) is 117 Å². The van der Waals surface area contributed by atoms with Crippen LogP contribution in [0.1, 0.15) is 85.7 Å². The summed E-state index contributed by atoms with van der Waals surface area (Å²) in [5.74, 6) is -2.39. The molecule has 0 saturated carbocycles. The molecule has 0 bridgehead atoms. The van der Waals surface area contributed by atoms with E-state index in [2.05, 4.69) is 33.9 Å². The van der Waals surface area contributed by atoms with Gasteiger partial charge in [-0.2, -0.15) is 0 Å². The standard InChI is InChI=1S/C43H60F2N4O7Si/c1-28(54-29(2)50)40(51)49(25-32-24-48(41(52)55-42(3,4)5)27-37(32)56-57(9,10)43(6,7)8)38(31-18-20-53-21-19-31)39-46-36(34-22-33(44)16-17-35(34)45)26-47(39)23-30-14-12-11-13-15-30/h11-17,22,26,28,31-32,37-38H,18-21,23-25,27H2,1-10H3/t28-,32+,37-,38+/m0/s1. The Morgan fingerprint density at radius 1 is 1.00 bits per heavy atom. The lowest BCUT2D eigenvalue weighted by atomic mass is 9.88. The molecule has 2 aromatic carbocycles. The zero-order valence-electron chi connectivity index (χ0n) is 35.1. The van der Waals surface area contributed by atoms with Crippen molar-refractivity contribution < 1.29 is 41.8 Å². The maximum absolute atomic E-state index is 15.4. The lowest BCUT2D eigenvalue weighted by Crippen LogP contribution is -2.51. The van der Waals surface area contributed by atoms with Crippen LogP contribution in [0.5, 0.6) is 0 Å². The molecule has 3 heterocycles. The highest BCUT2D eigenvalue weighted by atomic mass is 28.4. The Labute approximate surface area is 337 Å². The SMILES string of the molecule is CC(=O)O[C@@H](C)C(=O)N(C[C@H]1CN(C(=O)OC(C)(C)C)C[C@@H]1O[Si](C)(C)C(C)(C)C)[C@@H](c1nc(-c2cc(F)ccc2F)cn1Cc1ccccc1)C1CCOCC1. The summed E-state index contributed by atoms with van der Waals surface area (Å²) < 4.78 is 56.2. The van der Waals surface area contributed by atoms with Gasteiger partial charge in [-0.25, -0.2) is 18.6 Å². The topological polar surface area (TPSA) is 112 Å². The minimum absolute atomic E-state index is 0.00780. The van der Waals surface area contributed by atoms with Crippen molar-refractivity contribution in [3.63, 3.8) is 0 Å². The first kappa shape index (κ1) is 44.0. The Bertz CT molecular complexity index is 1870. The Hall–Kier alpha value is -4.14. The number of imidazole rings is 1. The molecule has 0 aliphatic carbocycles. The summed E-state index contributed by atoms with van der Waals surface area (Å²) in [4.78, 5) is 49.3. The molecule has 0 N–H and O–H groups in total. The van der Waals surface area contributed by atoms with Gasteiger partial charge < -0.3 is 33.0 Å². The highest BCUT2D eigenvalue weighted by Gasteiger charge is 2.48. The van der Waals surface area contributed by atoms with Crippen LogP contribution in [0.2, 0.25) is 18.1 Å². The van der Waals surface area contributed by atoms with Crippen LogP contribution in [0.15, 0.2) is 54.7 Å². The van der Waals surface area contributed by atoms with Crippen LogP contribution in [0.3, 0.4) is 0 Å². The third-order valence-corrected chi connectivity index (χ3v) is 15.7. The zero-order chi connectivity index (χ0) is 41.9. The largest absolute Gasteiger partial charge is 0.453 e. The molecule has 0 spiro atoms. The third-order valence-electron chi connectivity index (χ3n) is 11.2. The van der Waals surface area contributed by atoms with Crippen LogP contribution in [-0.4, -0.2) is 96.3 Å². The number of carbonyl (C=O) groups excluding carboxylic acids is 3. The van der Waals surface area contributed by atoms with Crippen LogP contribution >= 0.6 is 0 Å². The predicted molar refractivity (Wildman–Crippen MR) is 216 cm³/mol. The lowest BCUT2D eigenvalue weighted by Gasteiger charge is -2.43. The molecule has 312 valence electrons. The van der Waals surface area contributed by atoms with E-state index < -0.39 is 61.8 Å². The quantitative estimate of drug-likeness (QED) is 0.133. The molecule has 2 fully saturated rings. The average Bonchev–Trinajstić information content (AvgIpc) is 3.71. The number of ether oxygens (including phenoxy) is 3. The van der Waals surface area contributed by atoms with Gasteiger partial charge in [-0.15, -0.1) is 0 Å². The third kappa shape index (κ3) is 11.1. The van der Waals surface area contributed by atoms with Gasteiger partial charge in [0, 0.05) is 64.0 Å². The molecule has 3 aromatic rings. The van der Waals surface area contributed by atoms with Gasteiger partial charge in [-0.3, -0.25) is 9.59 Å². The van der Waals surface area contributed by atoms with Crippen LogP contribution in [-0.2, 0) is 34.8 Å². The Kier molecular flexibility index (Phi) is 13.7. The fourth-order valence-corrected chi connectivity index (χ4v) is 8.72. The van der Waals surface area contributed by atoms with Crippen molar-refractivity contribution in [1.29, 1.82) is 0 Å². The maximum Gasteiger partial charge on any atom is 0.410 e. The summed E-state index contributed by atoms with van der Waals surface area (Å²) in [6, 6.07) is 12.2. The molecule has 14 heteroatoms. The molecule has 57 heavy (non-hydrogen) atoms. The molecular weight excluding hydrogens is 751 g/mol. The number of amides is 2.